The fourth-order valence-corrected chi connectivity index (χ4v) is 1.52. The smallest absolute Gasteiger partial charge is 0.312 e. The van der Waals surface area contributed by atoms with Crippen molar-refractivity contribution >= 4 is 6.03 Å². The zero-order chi connectivity index (χ0) is 11.6. The molecule has 1 atom stereocenters. The van der Waals surface area contributed by atoms with Crippen LogP contribution in [0, 0.1) is 5.41 Å². The van der Waals surface area contributed by atoms with Gasteiger partial charge in [-0.3, -0.25) is 0 Å². The minimum atomic E-state index is -0.517. The van der Waals surface area contributed by atoms with Crippen LogP contribution in [-0.2, 0) is 7.05 Å². The van der Waals surface area contributed by atoms with Gasteiger partial charge in [-0.1, -0.05) is 20.8 Å². The Labute approximate surface area is 89.7 Å². The van der Waals surface area contributed by atoms with Crippen molar-refractivity contribution < 1.29 is 4.79 Å². The Hall–Kier alpha value is -1.52. The molecule has 1 rings (SSSR count). The second-order valence-electron chi connectivity index (χ2n) is 4.74. The van der Waals surface area contributed by atoms with Crippen LogP contribution >= 0.6 is 0 Å². The normalized spacial score (nSPS) is 13.6. The van der Waals surface area contributed by atoms with Gasteiger partial charge >= 0.3 is 6.03 Å². The highest BCUT2D eigenvalue weighted by Crippen LogP contribution is 2.31. The first-order valence-electron chi connectivity index (χ1n) is 4.84. The van der Waals surface area contributed by atoms with Crippen LogP contribution in [0.1, 0.15) is 32.5 Å². The van der Waals surface area contributed by atoms with Crippen molar-refractivity contribution in [2.24, 2.45) is 18.2 Å². The molecule has 0 saturated carbocycles. The third kappa shape index (κ3) is 2.71. The molecule has 0 aliphatic carbocycles. The van der Waals surface area contributed by atoms with E-state index in [2.05, 4.69) is 10.3 Å². The minimum absolute atomic E-state index is 0.108. The van der Waals surface area contributed by atoms with Gasteiger partial charge in [0.15, 0.2) is 0 Å². The lowest BCUT2D eigenvalue weighted by Crippen LogP contribution is -2.40. The number of urea groups is 1. The molecule has 0 spiro atoms. The molecule has 5 heteroatoms. The van der Waals surface area contributed by atoms with Crippen molar-refractivity contribution in [3.8, 4) is 0 Å². The van der Waals surface area contributed by atoms with Gasteiger partial charge in [-0.05, 0) is 5.41 Å². The summed E-state index contributed by atoms with van der Waals surface area (Å²) in [4.78, 5) is 15.0. The summed E-state index contributed by atoms with van der Waals surface area (Å²) in [6.45, 7) is 6.13. The van der Waals surface area contributed by atoms with Crippen LogP contribution in [-0.4, -0.2) is 15.6 Å². The van der Waals surface area contributed by atoms with E-state index in [1.54, 1.807) is 12.5 Å². The minimum Gasteiger partial charge on any atom is -0.352 e. The number of aryl methyl sites for hydroxylation is 1. The van der Waals surface area contributed by atoms with Gasteiger partial charge in [-0.15, -0.1) is 0 Å². The highest BCUT2D eigenvalue weighted by atomic mass is 16.2. The molecule has 0 fully saturated rings. The van der Waals surface area contributed by atoms with E-state index in [9.17, 15) is 4.79 Å². The Balaban J connectivity index is 3.02. The molecule has 0 aromatic carbocycles. The van der Waals surface area contributed by atoms with Crippen LogP contribution in [0.4, 0.5) is 4.79 Å². The summed E-state index contributed by atoms with van der Waals surface area (Å²) in [6.07, 6.45) is 3.45. The van der Waals surface area contributed by atoms with Crippen molar-refractivity contribution in [2.75, 3.05) is 0 Å². The fraction of sp³-hybridized carbons (Fsp3) is 0.600. The number of hydrogen-bond acceptors (Lipinski definition) is 2. The molecule has 1 aromatic heterocycles. The number of carbonyl (C=O) groups excluding carboxylic acids is 1. The molecule has 1 heterocycles. The van der Waals surface area contributed by atoms with Crippen LogP contribution in [0.2, 0.25) is 0 Å². The quantitative estimate of drug-likeness (QED) is 0.769. The van der Waals surface area contributed by atoms with Gasteiger partial charge in [0.1, 0.15) is 0 Å². The lowest BCUT2D eigenvalue weighted by atomic mass is 9.85. The number of nitrogens with zero attached hydrogens (tertiary/aromatic N) is 2. The summed E-state index contributed by atoms with van der Waals surface area (Å²) in [5, 5.41) is 2.74. The third-order valence-electron chi connectivity index (χ3n) is 2.30. The van der Waals surface area contributed by atoms with E-state index in [4.69, 9.17) is 5.73 Å². The molecule has 84 valence electrons. The molecule has 0 bridgehead atoms. The molecule has 0 radical (unpaired) electrons. The van der Waals surface area contributed by atoms with E-state index < -0.39 is 6.03 Å². The van der Waals surface area contributed by atoms with Crippen molar-refractivity contribution in [3.63, 3.8) is 0 Å². The number of amides is 2. The monoisotopic (exact) mass is 210 g/mol. The van der Waals surface area contributed by atoms with Gasteiger partial charge < -0.3 is 15.6 Å². The summed E-state index contributed by atoms with van der Waals surface area (Å²) in [6, 6.07) is -0.654. The van der Waals surface area contributed by atoms with E-state index in [-0.39, 0.29) is 11.5 Å². The average molecular weight is 210 g/mol. The maximum absolute atomic E-state index is 10.9. The zero-order valence-electron chi connectivity index (χ0n) is 9.61. The summed E-state index contributed by atoms with van der Waals surface area (Å²) < 4.78 is 1.88. The van der Waals surface area contributed by atoms with Crippen molar-refractivity contribution in [2.45, 2.75) is 26.8 Å². The van der Waals surface area contributed by atoms with Gasteiger partial charge in [0.25, 0.3) is 0 Å². The largest absolute Gasteiger partial charge is 0.352 e. The Morgan fingerprint density at radius 3 is 2.53 bits per heavy atom. The average Bonchev–Trinajstić information content (AvgIpc) is 2.45. The van der Waals surface area contributed by atoms with Gasteiger partial charge in [0.05, 0.1) is 24.3 Å². The van der Waals surface area contributed by atoms with Crippen molar-refractivity contribution in [1.29, 1.82) is 0 Å². The van der Waals surface area contributed by atoms with Gasteiger partial charge in [0, 0.05) is 7.05 Å². The van der Waals surface area contributed by atoms with Crippen molar-refractivity contribution in [3.05, 3.63) is 18.2 Å². The maximum Gasteiger partial charge on any atom is 0.312 e. The number of carbonyl (C=O) groups is 1. The standard InChI is InChI=1S/C10H18N4O/c1-10(2,3)8(13-9(11)15)7-5-12-6-14(7)4/h5-6,8H,1-4H3,(H3,11,13,15). The predicted molar refractivity (Wildman–Crippen MR) is 58.1 cm³/mol. The fourth-order valence-electron chi connectivity index (χ4n) is 1.52. The lowest BCUT2D eigenvalue weighted by molar-refractivity contribution is 0.223. The topological polar surface area (TPSA) is 72.9 Å². The summed E-state index contributed by atoms with van der Waals surface area (Å²) in [7, 11) is 1.89. The molecule has 15 heavy (non-hydrogen) atoms. The van der Waals surface area contributed by atoms with Crippen molar-refractivity contribution in [1.82, 2.24) is 14.9 Å². The molecule has 1 aromatic rings. The third-order valence-corrected chi connectivity index (χ3v) is 2.30. The summed E-state index contributed by atoms with van der Waals surface area (Å²) in [5.74, 6) is 0. The van der Waals surface area contributed by atoms with Crippen LogP contribution in [0.3, 0.4) is 0 Å². The molecule has 1 unspecified atom stereocenters. The summed E-state index contributed by atoms with van der Waals surface area (Å²) >= 11 is 0. The Bertz CT molecular complexity index is 351. The van der Waals surface area contributed by atoms with E-state index in [0.29, 0.717) is 0 Å². The number of aromatic nitrogens is 2. The molecule has 2 amide bonds. The van der Waals surface area contributed by atoms with Crippen LogP contribution in [0.15, 0.2) is 12.5 Å². The second-order valence-corrected chi connectivity index (χ2v) is 4.74. The molecular weight excluding hydrogens is 192 g/mol. The number of nitrogens with two attached hydrogens (primary N) is 1. The number of primary amides is 1. The highest BCUT2D eigenvalue weighted by Gasteiger charge is 2.29. The molecule has 0 saturated heterocycles. The van der Waals surface area contributed by atoms with E-state index in [0.717, 1.165) is 5.69 Å². The molecular formula is C10H18N4O. The van der Waals surface area contributed by atoms with Gasteiger partial charge in [-0.2, -0.15) is 0 Å². The lowest BCUT2D eigenvalue weighted by Gasteiger charge is -2.30. The number of rotatable bonds is 2. The predicted octanol–water partition coefficient (Wildman–Crippen LogP) is 1.18. The van der Waals surface area contributed by atoms with Crippen LogP contribution in [0.25, 0.3) is 0 Å². The van der Waals surface area contributed by atoms with Gasteiger partial charge in [0.2, 0.25) is 0 Å². The maximum atomic E-state index is 10.9. The van der Waals surface area contributed by atoms with E-state index in [1.807, 2.05) is 32.4 Å². The number of hydrogen-bond donors (Lipinski definition) is 2. The van der Waals surface area contributed by atoms with Crippen LogP contribution in [0.5, 0.6) is 0 Å². The molecule has 3 N–H and O–H groups in total. The summed E-state index contributed by atoms with van der Waals surface area (Å²) in [5.41, 5.74) is 6.00. The SMILES string of the molecule is Cn1cncc1C(NC(N)=O)C(C)(C)C. The molecule has 0 aliphatic heterocycles. The number of nitrogens with one attached hydrogen (secondary N) is 1. The van der Waals surface area contributed by atoms with Crippen LogP contribution < -0.4 is 11.1 Å². The molecule has 0 aliphatic rings. The van der Waals surface area contributed by atoms with E-state index >= 15 is 0 Å². The first kappa shape index (κ1) is 11.6. The Morgan fingerprint density at radius 2 is 2.20 bits per heavy atom. The molecule has 5 nitrogen and oxygen atoms in total. The van der Waals surface area contributed by atoms with E-state index in [1.165, 1.54) is 0 Å². The Morgan fingerprint density at radius 1 is 1.60 bits per heavy atom. The second kappa shape index (κ2) is 3.92. The Kier molecular flexibility index (Phi) is 3.02. The first-order chi connectivity index (χ1) is 6.82. The first-order valence-corrected chi connectivity index (χ1v) is 4.84. The highest BCUT2D eigenvalue weighted by molar-refractivity contribution is 5.72. The number of imidazole rings is 1. The van der Waals surface area contributed by atoms with Gasteiger partial charge in [-0.25, -0.2) is 9.78 Å². The zero-order valence-corrected chi connectivity index (χ0v) is 9.61.